The number of rotatable bonds is 6. The van der Waals surface area contributed by atoms with Crippen LogP contribution in [0.25, 0.3) is 28.4 Å². The first-order valence-electron chi connectivity index (χ1n) is 19.2. The van der Waals surface area contributed by atoms with E-state index in [0.717, 1.165) is 11.1 Å². The molecule has 3 fully saturated rings. The summed E-state index contributed by atoms with van der Waals surface area (Å²) in [5, 5.41) is 5.02. The molecule has 3 aromatic rings. The Bertz CT molecular complexity index is 2210. The van der Waals surface area contributed by atoms with Crippen LogP contribution in [0.5, 0.6) is 5.88 Å². The van der Waals surface area contributed by atoms with Gasteiger partial charge >= 0.3 is 6.09 Å². The first-order valence-corrected chi connectivity index (χ1v) is 20.8. The van der Waals surface area contributed by atoms with Gasteiger partial charge in [0.1, 0.15) is 36.0 Å². The molecule has 1 saturated heterocycles. The summed E-state index contributed by atoms with van der Waals surface area (Å²) in [6.45, 7) is 11.1. The number of para-hydroxylation sites is 2. The van der Waals surface area contributed by atoms with Crippen LogP contribution in [0.15, 0.2) is 54.6 Å². The van der Waals surface area contributed by atoms with E-state index in [1.54, 1.807) is 20.8 Å². The second kappa shape index (κ2) is 14.5. The summed E-state index contributed by atoms with van der Waals surface area (Å²) in [5.41, 5.74) is 0.467. The molecule has 2 aliphatic carbocycles. The molecule has 4 aliphatic rings. The smallest absolute Gasteiger partial charge is 0.407 e. The third-order valence-corrected chi connectivity index (χ3v) is 12.9. The maximum atomic E-state index is 14.7. The molecule has 7 rings (SSSR count). The number of aromatic nitrogens is 2. The zero-order valence-electron chi connectivity index (χ0n) is 32.6. The van der Waals surface area contributed by atoms with Crippen LogP contribution in [-0.2, 0) is 29.1 Å². The Hall–Kier alpha value is -5.05. The van der Waals surface area contributed by atoms with Gasteiger partial charge in [-0.05, 0) is 54.4 Å². The van der Waals surface area contributed by atoms with E-state index in [0.29, 0.717) is 36.0 Å². The van der Waals surface area contributed by atoms with Crippen LogP contribution in [0.3, 0.4) is 0 Å². The van der Waals surface area contributed by atoms with Gasteiger partial charge in [-0.15, -0.1) is 0 Å². The fourth-order valence-electron chi connectivity index (χ4n) is 7.47. The van der Waals surface area contributed by atoms with Crippen molar-refractivity contribution in [3.8, 4) is 17.1 Å². The minimum absolute atomic E-state index is 0.0126. The van der Waals surface area contributed by atoms with Gasteiger partial charge in [0.15, 0.2) is 0 Å². The number of nitrogens with zero attached hydrogens (tertiary/aromatic N) is 3. The molecule has 5 atom stereocenters. The maximum Gasteiger partial charge on any atom is 0.407 e. The van der Waals surface area contributed by atoms with Crippen LogP contribution in [0.1, 0.15) is 79.2 Å². The summed E-state index contributed by atoms with van der Waals surface area (Å²) < 4.78 is 40.1. The predicted octanol–water partition coefficient (Wildman–Crippen LogP) is 4.73. The van der Waals surface area contributed by atoms with E-state index in [1.165, 1.54) is 4.90 Å². The van der Waals surface area contributed by atoms with E-state index < -0.39 is 73.6 Å². The SMILES string of the molecule is CC[C@@H]1C[C@]1(NC(=O)[C@@H]1C[C@@H]2CN1C(=O)[C@H](C(C)(C)C)NC(=O)OCC(C)(C)C=Cc1cccc(c1)-c1nc3ccccc3nc1O2)C(=O)NS(=O)(=O)C1CC1. The van der Waals surface area contributed by atoms with E-state index in [-0.39, 0.29) is 37.8 Å². The van der Waals surface area contributed by atoms with Crippen molar-refractivity contribution in [3.63, 3.8) is 0 Å². The summed E-state index contributed by atoms with van der Waals surface area (Å²) in [5.74, 6) is -2.04. The number of ether oxygens (including phenoxy) is 2. The first-order chi connectivity index (χ1) is 26.4. The Kier molecular flexibility index (Phi) is 10.1. The molecule has 0 unspecified atom stereocenters. The molecule has 14 nitrogen and oxygen atoms in total. The fraction of sp³-hybridized carbons (Fsp3) is 0.512. The van der Waals surface area contributed by atoms with E-state index in [1.807, 2.05) is 81.5 Å². The van der Waals surface area contributed by atoms with Gasteiger partial charge < -0.3 is 25.0 Å². The molecule has 298 valence electrons. The predicted molar refractivity (Wildman–Crippen MR) is 209 cm³/mol. The molecule has 4 amide bonds. The number of alkyl carbamates (subject to hydrolysis) is 1. The Labute approximate surface area is 327 Å². The quantitative estimate of drug-likeness (QED) is 0.316. The van der Waals surface area contributed by atoms with Crippen molar-refractivity contribution >= 4 is 50.9 Å². The fourth-order valence-corrected chi connectivity index (χ4v) is 8.83. The van der Waals surface area contributed by atoms with Gasteiger partial charge in [-0.2, -0.15) is 0 Å². The van der Waals surface area contributed by atoms with Gasteiger partial charge in [-0.1, -0.05) is 90.4 Å². The van der Waals surface area contributed by atoms with Crippen LogP contribution in [-0.4, -0.2) is 89.2 Å². The standard InChI is InChI=1S/C41H50N6O8S/c1-7-26-21-41(26,37(50)46-56(52,53)28-15-16-28)45-34(48)31-20-27-22-47(31)36(49)33(39(2,3)4)44-38(51)54-23-40(5,6)18-17-24-11-10-12-25(19-24)32-35(55-27)43-30-14-9-8-13-29(30)42-32/h8-14,17-19,26-28,31,33H,7,15-16,20-23H2,1-6H3,(H,44,51)(H,45,48)(H,46,50)/t26-,27-,31+,33-,41-/m1/s1. The second-order valence-corrected chi connectivity index (χ2v) is 19.2. The van der Waals surface area contributed by atoms with Crippen molar-refractivity contribution in [1.82, 2.24) is 30.2 Å². The van der Waals surface area contributed by atoms with Gasteiger partial charge in [0.2, 0.25) is 27.7 Å². The zero-order chi connectivity index (χ0) is 40.2. The van der Waals surface area contributed by atoms with Crippen molar-refractivity contribution in [2.24, 2.45) is 16.7 Å². The lowest BCUT2D eigenvalue weighted by Gasteiger charge is -2.35. The summed E-state index contributed by atoms with van der Waals surface area (Å²) in [6, 6.07) is 12.9. The third-order valence-electron chi connectivity index (χ3n) is 11.1. The van der Waals surface area contributed by atoms with Crippen LogP contribution >= 0.6 is 0 Å². The van der Waals surface area contributed by atoms with E-state index in [4.69, 9.17) is 19.4 Å². The average Bonchev–Trinajstić information content (AvgIpc) is 4.08. The van der Waals surface area contributed by atoms with Gasteiger partial charge in [-0.25, -0.2) is 23.2 Å². The number of fused-ring (bicyclic) bond motifs is 7. The number of carbonyl (C=O) groups excluding carboxylic acids is 4. The molecule has 3 N–H and O–H groups in total. The van der Waals surface area contributed by atoms with Gasteiger partial charge in [0.25, 0.3) is 5.91 Å². The number of hydrogen-bond acceptors (Lipinski definition) is 10. The van der Waals surface area contributed by atoms with Crippen molar-refractivity contribution < 1.29 is 37.1 Å². The largest absolute Gasteiger partial charge is 0.471 e. The number of sulfonamides is 1. The summed E-state index contributed by atoms with van der Waals surface area (Å²) in [6.07, 6.45) is 4.07. The van der Waals surface area contributed by atoms with E-state index >= 15 is 0 Å². The monoisotopic (exact) mass is 786 g/mol. The molecule has 0 radical (unpaired) electrons. The highest BCUT2D eigenvalue weighted by atomic mass is 32.2. The molecule has 2 aromatic carbocycles. The lowest BCUT2D eigenvalue weighted by atomic mass is 9.85. The Morgan fingerprint density at radius 2 is 1.75 bits per heavy atom. The summed E-state index contributed by atoms with van der Waals surface area (Å²) in [7, 11) is -3.88. The van der Waals surface area contributed by atoms with Crippen LogP contribution in [0, 0.1) is 16.7 Å². The summed E-state index contributed by atoms with van der Waals surface area (Å²) in [4.78, 5) is 67.3. The lowest BCUT2D eigenvalue weighted by molar-refractivity contribution is -0.143. The highest BCUT2D eigenvalue weighted by Gasteiger charge is 2.62. The third kappa shape index (κ3) is 8.09. The van der Waals surface area contributed by atoms with Crippen molar-refractivity contribution in [3.05, 3.63) is 60.2 Å². The van der Waals surface area contributed by atoms with Crippen LogP contribution in [0.4, 0.5) is 4.79 Å². The van der Waals surface area contributed by atoms with Gasteiger partial charge in [0.05, 0.1) is 22.8 Å². The summed E-state index contributed by atoms with van der Waals surface area (Å²) >= 11 is 0. The zero-order valence-corrected chi connectivity index (χ0v) is 33.4. The molecular weight excluding hydrogens is 737 g/mol. The minimum Gasteiger partial charge on any atom is -0.471 e. The molecule has 1 aromatic heterocycles. The second-order valence-electron chi connectivity index (χ2n) is 17.3. The van der Waals surface area contributed by atoms with Gasteiger partial charge in [-0.3, -0.25) is 19.1 Å². The molecule has 0 spiro atoms. The number of nitrogens with one attached hydrogen (secondary N) is 3. The van der Waals surface area contributed by atoms with Gasteiger partial charge in [0, 0.05) is 17.4 Å². The van der Waals surface area contributed by atoms with E-state index in [9.17, 15) is 27.6 Å². The molecule has 4 bridgehead atoms. The number of carbonyl (C=O) groups is 4. The minimum atomic E-state index is -3.88. The Morgan fingerprint density at radius 3 is 2.41 bits per heavy atom. The molecule has 2 saturated carbocycles. The Balaban J connectivity index is 1.28. The number of hydrogen-bond donors (Lipinski definition) is 3. The molecular formula is C41H50N6O8S. The number of cyclic esters (lactones) is 1. The van der Waals surface area contributed by atoms with Crippen LogP contribution in [0.2, 0.25) is 0 Å². The molecule has 3 heterocycles. The van der Waals surface area contributed by atoms with E-state index in [2.05, 4.69) is 15.4 Å². The van der Waals surface area contributed by atoms with Crippen molar-refractivity contribution in [2.45, 2.75) is 103 Å². The molecule has 15 heteroatoms. The number of benzene rings is 2. The lowest BCUT2D eigenvalue weighted by Crippen LogP contribution is -2.60. The Morgan fingerprint density at radius 1 is 1.04 bits per heavy atom. The number of amides is 4. The maximum absolute atomic E-state index is 14.7. The van der Waals surface area contributed by atoms with Crippen molar-refractivity contribution in [2.75, 3.05) is 13.2 Å². The molecule has 2 aliphatic heterocycles. The van der Waals surface area contributed by atoms with Crippen molar-refractivity contribution in [1.29, 1.82) is 0 Å². The van der Waals surface area contributed by atoms with Crippen LogP contribution < -0.4 is 20.1 Å². The topological polar surface area (TPSA) is 186 Å². The average molecular weight is 787 g/mol. The highest BCUT2D eigenvalue weighted by molar-refractivity contribution is 7.91. The first kappa shape index (κ1) is 39.2. The molecule has 56 heavy (non-hydrogen) atoms. The highest BCUT2D eigenvalue weighted by Crippen LogP contribution is 2.47. The normalized spacial score (nSPS) is 26.5.